The first-order chi connectivity index (χ1) is 7.55. The maximum absolute atomic E-state index is 5.79. The fourth-order valence-corrected chi connectivity index (χ4v) is 2.07. The highest BCUT2D eigenvalue weighted by Gasteiger charge is 2.28. The number of hydrogen-bond donors (Lipinski definition) is 0. The molecule has 1 aliphatic heterocycles. The minimum absolute atomic E-state index is 0.233. The van der Waals surface area contributed by atoms with E-state index in [1.54, 1.807) is 0 Å². The number of nitrogens with zero attached hydrogens (tertiary/aromatic N) is 3. The lowest BCUT2D eigenvalue weighted by molar-refractivity contribution is -0.0639. The molecule has 1 saturated heterocycles. The van der Waals surface area contributed by atoms with Crippen molar-refractivity contribution < 1.29 is 4.74 Å². The van der Waals surface area contributed by atoms with Crippen molar-refractivity contribution in [3.63, 3.8) is 0 Å². The molecule has 1 fully saturated rings. The summed E-state index contributed by atoms with van der Waals surface area (Å²) in [5.74, 6) is 0. The van der Waals surface area contributed by atoms with Crippen molar-refractivity contribution in [1.82, 2.24) is 14.5 Å². The van der Waals surface area contributed by atoms with E-state index in [1.165, 1.54) is 0 Å². The molecule has 0 spiro atoms. The molecule has 16 heavy (non-hydrogen) atoms. The van der Waals surface area contributed by atoms with Gasteiger partial charge >= 0.3 is 0 Å². The molecular formula is C12H21N3O. The zero-order valence-corrected chi connectivity index (χ0v) is 10.4. The Kier molecular flexibility index (Phi) is 3.30. The maximum atomic E-state index is 5.79. The lowest BCUT2D eigenvalue weighted by Crippen LogP contribution is -2.52. The molecule has 0 aromatic carbocycles. The summed E-state index contributed by atoms with van der Waals surface area (Å²) in [6, 6.07) is 0. The van der Waals surface area contributed by atoms with E-state index in [-0.39, 0.29) is 11.6 Å². The Morgan fingerprint density at radius 2 is 2.25 bits per heavy atom. The van der Waals surface area contributed by atoms with Gasteiger partial charge < -0.3 is 9.30 Å². The lowest BCUT2D eigenvalue weighted by atomic mass is 10.0. The maximum Gasteiger partial charge on any atom is 0.0946 e. The van der Waals surface area contributed by atoms with Crippen molar-refractivity contribution in [2.75, 3.05) is 19.7 Å². The summed E-state index contributed by atoms with van der Waals surface area (Å²) in [4.78, 5) is 6.53. The summed E-state index contributed by atoms with van der Waals surface area (Å²) >= 11 is 0. The number of aromatic nitrogens is 2. The zero-order chi connectivity index (χ0) is 11.6. The van der Waals surface area contributed by atoms with Crippen molar-refractivity contribution in [2.24, 2.45) is 0 Å². The summed E-state index contributed by atoms with van der Waals surface area (Å²) in [5.41, 5.74) is 0.233. The van der Waals surface area contributed by atoms with Crippen LogP contribution in [0.25, 0.3) is 0 Å². The Labute approximate surface area is 97.2 Å². The van der Waals surface area contributed by atoms with E-state index in [1.807, 2.05) is 18.7 Å². The quantitative estimate of drug-likeness (QED) is 0.759. The SMILES string of the molecule is CC(C)(C)N1CCO[C@@H](Cn2ccnc2)C1. The van der Waals surface area contributed by atoms with Gasteiger partial charge in [0.1, 0.15) is 0 Å². The minimum Gasteiger partial charge on any atom is -0.374 e. The van der Waals surface area contributed by atoms with Gasteiger partial charge in [-0.1, -0.05) is 0 Å². The molecule has 90 valence electrons. The third-order valence-electron chi connectivity index (χ3n) is 3.06. The van der Waals surface area contributed by atoms with Crippen LogP contribution in [0.2, 0.25) is 0 Å². The minimum atomic E-state index is 0.233. The number of hydrogen-bond acceptors (Lipinski definition) is 3. The Morgan fingerprint density at radius 1 is 1.44 bits per heavy atom. The van der Waals surface area contributed by atoms with Gasteiger partial charge in [-0.15, -0.1) is 0 Å². The van der Waals surface area contributed by atoms with Gasteiger partial charge in [0.25, 0.3) is 0 Å². The smallest absolute Gasteiger partial charge is 0.0946 e. The van der Waals surface area contributed by atoms with Crippen molar-refractivity contribution >= 4 is 0 Å². The third kappa shape index (κ3) is 2.83. The van der Waals surface area contributed by atoms with E-state index < -0.39 is 0 Å². The van der Waals surface area contributed by atoms with Gasteiger partial charge in [0, 0.05) is 31.0 Å². The third-order valence-corrected chi connectivity index (χ3v) is 3.06. The molecule has 0 radical (unpaired) electrons. The highest BCUT2D eigenvalue weighted by Crippen LogP contribution is 2.18. The Hall–Kier alpha value is -0.870. The van der Waals surface area contributed by atoms with Gasteiger partial charge in [-0.3, -0.25) is 4.90 Å². The fourth-order valence-electron chi connectivity index (χ4n) is 2.07. The molecule has 1 aromatic rings. The van der Waals surface area contributed by atoms with E-state index in [9.17, 15) is 0 Å². The number of ether oxygens (including phenoxy) is 1. The molecule has 0 N–H and O–H groups in total. The topological polar surface area (TPSA) is 30.3 Å². The average Bonchev–Trinajstić information content (AvgIpc) is 2.70. The van der Waals surface area contributed by atoms with E-state index in [4.69, 9.17) is 4.74 Å². The molecule has 0 aliphatic carbocycles. The fraction of sp³-hybridized carbons (Fsp3) is 0.750. The van der Waals surface area contributed by atoms with Crippen LogP contribution < -0.4 is 0 Å². The van der Waals surface area contributed by atoms with Crippen LogP contribution in [-0.4, -0.2) is 45.8 Å². The second kappa shape index (κ2) is 4.55. The largest absolute Gasteiger partial charge is 0.374 e. The van der Waals surface area contributed by atoms with Crippen molar-refractivity contribution in [1.29, 1.82) is 0 Å². The molecule has 0 bridgehead atoms. The van der Waals surface area contributed by atoms with Crippen molar-refractivity contribution in [3.05, 3.63) is 18.7 Å². The van der Waals surface area contributed by atoms with Crippen LogP contribution in [0.1, 0.15) is 20.8 Å². The van der Waals surface area contributed by atoms with Crippen LogP contribution in [0.15, 0.2) is 18.7 Å². The van der Waals surface area contributed by atoms with Crippen LogP contribution in [0, 0.1) is 0 Å². The van der Waals surface area contributed by atoms with Gasteiger partial charge in [0.05, 0.1) is 25.6 Å². The molecule has 1 aliphatic rings. The average molecular weight is 223 g/mol. The van der Waals surface area contributed by atoms with E-state index in [0.717, 1.165) is 26.2 Å². The molecule has 0 unspecified atom stereocenters. The molecule has 4 heteroatoms. The molecular weight excluding hydrogens is 202 g/mol. The molecule has 1 aromatic heterocycles. The van der Waals surface area contributed by atoms with Crippen LogP contribution in [0.5, 0.6) is 0 Å². The first-order valence-corrected chi connectivity index (χ1v) is 5.88. The van der Waals surface area contributed by atoms with Gasteiger partial charge in [0.15, 0.2) is 0 Å². The summed E-state index contributed by atoms with van der Waals surface area (Å²) in [6.07, 6.45) is 5.92. The number of rotatable bonds is 2. The predicted molar refractivity (Wildman–Crippen MR) is 63.3 cm³/mol. The predicted octanol–water partition coefficient (Wildman–Crippen LogP) is 1.38. The molecule has 1 atom stereocenters. The molecule has 2 heterocycles. The second-order valence-electron chi connectivity index (χ2n) is 5.37. The highest BCUT2D eigenvalue weighted by atomic mass is 16.5. The Balaban J connectivity index is 1.92. The monoisotopic (exact) mass is 223 g/mol. The number of imidazole rings is 1. The van der Waals surface area contributed by atoms with Crippen LogP contribution >= 0.6 is 0 Å². The van der Waals surface area contributed by atoms with Gasteiger partial charge in [-0.05, 0) is 20.8 Å². The normalized spacial score (nSPS) is 23.6. The van der Waals surface area contributed by atoms with Crippen molar-refractivity contribution in [3.8, 4) is 0 Å². The Morgan fingerprint density at radius 3 is 2.88 bits per heavy atom. The highest BCUT2D eigenvalue weighted by molar-refractivity contribution is 4.83. The van der Waals surface area contributed by atoms with Gasteiger partial charge in [-0.2, -0.15) is 0 Å². The van der Waals surface area contributed by atoms with E-state index in [2.05, 4.69) is 35.2 Å². The summed E-state index contributed by atoms with van der Waals surface area (Å²) < 4.78 is 7.87. The molecule has 0 amide bonds. The van der Waals surface area contributed by atoms with E-state index in [0.29, 0.717) is 0 Å². The van der Waals surface area contributed by atoms with Crippen molar-refractivity contribution in [2.45, 2.75) is 39.0 Å². The Bertz CT molecular complexity index is 316. The lowest BCUT2D eigenvalue weighted by Gasteiger charge is -2.41. The first-order valence-electron chi connectivity index (χ1n) is 5.88. The van der Waals surface area contributed by atoms with Gasteiger partial charge in [-0.25, -0.2) is 4.98 Å². The van der Waals surface area contributed by atoms with Crippen LogP contribution in [-0.2, 0) is 11.3 Å². The molecule has 2 rings (SSSR count). The van der Waals surface area contributed by atoms with Crippen LogP contribution in [0.4, 0.5) is 0 Å². The molecule has 0 saturated carbocycles. The number of morpholine rings is 1. The summed E-state index contributed by atoms with van der Waals surface area (Å²) in [7, 11) is 0. The summed E-state index contributed by atoms with van der Waals surface area (Å²) in [6.45, 7) is 10.5. The zero-order valence-electron chi connectivity index (χ0n) is 10.4. The van der Waals surface area contributed by atoms with Gasteiger partial charge in [0.2, 0.25) is 0 Å². The molecule has 4 nitrogen and oxygen atoms in total. The first kappa shape index (κ1) is 11.6. The van der Waals surface area contributed by atoms with Crippen LogP contribution in [0.3, 0.4) is 0 Å². The summed E-state index contributed by atoms with van der Waals surface area (Å²) in [5, 5.41) is 0. The van der Waals surface area contributed by atoms with E-state index >= 15 is 0 Å². The standard InChI is InChI=1S/C12H21N3O/c1-12(2,3)15-6-7-16-11(9-15)8-14-5-4-13-10-14/h4-5,10-11H,6-9H2,1-3H3/t11-/m0/s1. The second-order valence-corrected chi connectivity index (χ2v) is 5.37.